The van der Waals surface area contributed by atoms with E-state index >= 15 is 0 Å². The maximum atomic E-state index is 12.4. The fourth-order valence-corrected chi connectivity index (χ4v) is 3.81. The summed E-state index contributed by atoms with van der Waals surface area (Å²) in [7, 11) is 0. The second-order valence-corrected chi connectivity index (χ2v) is 7.18. The molecule has 8 heteroatoms. The molecule has 0 atom stereocenters. The normalized spacial score (nSPS) is 14.8. The Bertz CT molecular complexity index is 791. The highest BCUT2D eigenvalue weighted by atomic mass is 32.1. The van der Waals surface area contributed by atoms with Crippen molar-refractivity contribution in [2.75, 3.05) is 24.5 Å². The molecule has 0 bridgehead atoms. The molecule has 3 rings (SSSR count). The molecule has 1 saturated heterocycles. The molecule has 3 heterocycles. The quantitative estimate of drug-likeness (QED) is 0.839. The van der Waals surface area contributed by atoms with Crippen LogP contribution < -0.4 is 10.2 Å². The Morgan fingerprint density at radius 2 is 2.27 bits per heavy atom. The van der Waals surface area contributed by atoms with Gasteiger partial charge in [0.25, 0.3) is 5.91 Å². The molecular weight excluding hydrogens is 348 g/mol. The predicted molar refractivity (Wildman–Crippen MR) is 100 cm³/mol. The lowest BCUT2D eigenvalue weighted by Crippen LogP contribution is -2.39. The number of nitriles is 1. The second kappa shape index (κ2) is 8.72. The second-order valence-electron chi connectivity index (χ2n) is 6.43. The van der Waals surface area contributed by atoms with E-state index in [4.69, 9.17) is 0 Å². The van der Waals surface area contributed by atoms with E-state index < -0.39 is 0 Å². The van der Waals surface area contributed by atoms with Gasteiger partial charge in [-0.3, -0.25) is 4.79 Å². The van der Waals surface area contributed by atoms with E-state index in [1.54, 1.807) is 18.3 Å². The fourth-order valence-electron chi connectivity index (χ4n) is 3.18. The Labute approximate surface area is 157 Å². The molecule has 1 fully saturated rings. The summed E-state index contributed by atoms with van der Waals surface area (Å²) in [5, 5.41) is 16.3. The van der Waals surface area contributed by atoms with Gasteiger partial charge in [-0.05, 0) is 48.8 Å². The summed E-state index contributed by atoms with van der Waals surface area (Å²) in [5.74, 6) is 1.12. The van der Waals surface area contributed by atoms with Gasteiger partial charge in [0.1, 0.15) is 16.8 Å². The summed E-state index contributed by atoms with van der Waals surface area (Å²) in [6.07, 6.45) is 5.37. The van der Waals surface area contributed by atoms with Gasteiger partial charge >= 0.3 is 0 Å². The number of piperidine rings is 1. The first kappa shape index (κ1) is 18.3. The van der Waals surface area contributed by atoms with Crippen molar-refractivity contribution in [3.05, 3.63) is 34.5 Å². The first-order valence-corrected chi connectivity index (χ1v) is 9.69. The number of nitrogens with zero attached hydrogens (tertiary/aromatic N) is 5. The molecule has 0 radical (unpaired) electrons. The highest BCUT2D eigenvalue weighted by Crippen LogP contribution is 2.24. The summed E-state index contributed by atoms with van der Waals surface area (Å²) in [6.45, 7) is 4.41. The lowest BCUT2D eigenvalue weighted by molar-refractivity contribution is 0.0948. The zero-order valence-corrected chi connectivity index (χ0v) is 15.6. The van der Waals surface area contributed by atoms with Crippen LogP contribution in [-0.4, -0.2) is 40.1 Å². The molecule has 0 aliphatic carbocycles. The number of hydrogen-bond acceptors (Lipinski definition) is 7. The summed E-state index contributed by atoms with van der Waals surface area (Å²) < 4.78 is 3.91. The van der Waals surface area contributed by atoms with E-state index in [9.17, 15) is 10.1 Å². The van der Waals surface area contributed by atoms with Crippen LogP contribution in [0.3, 0.4) is 0 Å². The van der Waals surface area contributed by atoms with E-state index in [0.717, 1.165) is 50.3 Å². The van der Waals surface area contributed by atoms with Crippen molar-refractivity contribution in [2.45, 2.75) is 32.6 Å². The van der Waals surface area contributed by atoms with Crippen molar-refractivity contribution in [2.24, 2.45) is 5.92 Å². The first-order valence-electron chi connectivity index (χ1n) is 8.92. The van der Waals surface area contributed by atoms with Crippen LogP contribution in [0.5, 0.6) is 0 Å². The molecule has 2 aromatic rings. The van der Waals surface area contributed by atoms with Gasteiger partial charge in [-0.15, -0.1) is 5.10 Å². The molecule has 2 aromatic heterocycles. The topological polar surface area (TPSA) is 94.8 Å². The first-order chi connectivity index (χ1) is 12.7. The number of amides is 1. The lowest BCUT2D eigenvalue weighted by atomic mass is 9.96. The molecular formula is C18H22N6OS. The van der Waals surface area contributed by atoms with Crippen LogP contribution in [0, 0.1) is 17.2 Å². The fraction of sp³-hybridized carbons (Fsp3) is 0.500. The summed E-state index contributed by atoms with van der Waals surface area (Å²) in [6, 6.07) is 5.78. The number of aromatic nitrogens is 3. The SMILES string of the molecule is CCCc1nnsc1C(=O)NCC1CCN(c2ncccc2C#N)CC1. The van der Waals surface area contributed by atoms with Crippen molar-refractivity contribution in [3.8, 4) is 6.07 Å². The molecule has 0 spiro atoms. The third-order valence-corrected chi connectivity index (χ3v) is 5.39. The third kappa shape index (κ3) is 4.17. The number of rotatable bonds is 6. The molecule has 1 aliphatic rings. The maximum absolute atomic E-state index is 12.4. The van der Waals surface area contributed by atoms with Crippen LogP contribution in [-0.2, 0) is 6.42 Å². The number of nitrogens with one attached hydrogen (secondary N) is 1. The average molecular weight is 370 g/mol. The molecule has 26 heavy (non-hydrogen) atoms. The van der Waals surface area contributed by atoms with E-state index in [0.29, 0.717) is 22.9 Å². The zero-order chi connectivity index (χ0) is 18.4. The van der Waals surface area contributed by atoms with Gasteiger partial charge in [0.2, 0.25) is 0 Å². The highest BCUT2D eigenvalue weighted by molar-refractivity contribution is 7.08. The largest absolute Gasteiger partial charge is 0.356 e. The lowest BCUT2D eigenvalue weighted by Gasteiger charge is -2.33. The molecule has 136 valence electrons. The number of carbonyl (C=O) groups is 1. The number of carbonyl (C=O) groups excluding carboxylic acids is 1. The number of aryl methyl sites for hydroxylation is 1. The highest BCUT2D eigenvalue weighted by Gasteiger charge is 2.23. The Kier molecular flexibility index (Phi) is 6.12. The van der Waals surface area contributed by atoms with Crippen LogP contribution in [0.25, 0.3) is 0 Å². The Morgan fingerprint density at radius 1 is 1.46 bits per heavy atom. The van der Waals surface area contributed by atoms with E-state index in [1.807, 2.05) is 0 Å². The minimum absolute atomic E-state index is 0.0672. The maximum Gasteiger partial charge on any atom is 0.264 e. The Balaban J connectivity index is 1.51. The minimum atomic E-state index is -0.0672. The summed E-state index contributed by atoms with van der Waals surface area (Å²) in [5.41, 5.74) is 1.41. The van der Waals surface area contributed by atoms with E-state index in [1.165, 1.54) is 11.5 Å². The molecule has 1 aliphatic heterocycles. The Hall–Kier alpha value is -2.53. The summed E-state index contributed by atoms with van der Waals surface area (Å²) >= 11 is 1.17. The van der Waals surface area contributed by atoms with Gasteiger partial charge in [-0.1, -0.05) is 17.8 Å². The van der Waals surface area contributed by atoms with E-state index in [2.05, 4.69) is 37.8 Å². The number of pyridine rings is 1. The van der Waals surface area contributed by atoms with Crippen molar-refractivity contribution in [1.29, 1.82) is 5.26 Å². The summed E-state index contributed by atoms with van der Waals surface area (Å²) in [4.78, 5) is 19.5. The number of hydrogen-bond donors (Lipinski definition) is 1. The van der Waals surface area contributed by atoms with Crippen LogP contribution in [0.15, 0.2) is 18.3 Å². The monoisotopic (exact) mass is 370 g/mol. The third-order valence-electron chi connectivity index (χ3n) is 4.62. The zero-order valence-electron chi connectivity index (χ0n) is 14.8. The molecule has 1 amide bonds. The standard InChI is InChI=1S/C18H22N6OS/c1-2-4-15-16(26-23-22-15)18(25)21-12-13-6-9-24(10-7-13)17-14(11-19)5-3-8-20-17/h3,5,8,13H,2,4,6-7,9-10,12H2,1H3,(H,21,25). The van der Waals surface area contributed by atoms with Gasteiger partial charge in [0.15, 0.2) is 0 Å². The molecule has 7 nitrogen and oxygen atoms in total. The predicted octanol–water partition coefficient (Wildman–Crippen LogP) is 2.40. The van der Waals surface area contributed by atoms with Crippen LogP contribution in [0.1, 0.15) is 47.1 Å². The van der Waals surface area contributed by atoms with Gasteiger partial charge < -0.3 is 10.2 Å². The smallest absolute Gasteiger partial charge is 0.264 e. The average Bonchev–Trinajstić information content (AvgIpc) is 3.15. The van der Waals surface area contributed by atoms with Crippen molar-refractivity contribution < 1.29 is 4.79 Å². The van der Waals surface area contributed by atoms with Gasteiger partial charge in [-0.25, -0.2) is 4.98 Å². The Morgan fingerprint density at radius 3 is 3.00 bits per heavy atom. The number of anilines is 1. The molecule has 0 saturated carbocycles. The van der Waals surface area contributed by atoms with Gasteiger partial charge in [-0.2, -0.15) is 5.26 Å². The van der Waals surface area contributed by atoms with Crippen LogP contribution in [0.2, 0.25) is 0 Å². The van der Waals surface area contributed by atoms with E-state index in [-0.39, 0.29) is 5.91 Å². The minimum Gasteiger partial charge on any atom is -0.356 e. The molecule has 0 aromatic carbocycles. The molecule has 0 unspecified atom stereocenters. The van der Waals surface area contributed by atoms with Gasteiger partial charge in [0.05, 0.1) is 11.3 Å². The van der Waals surface area contributed by atoms with Crippen LogP contribution >= 0.6 is 11.5 Å². The van der Waals surface area contributed by atoms with Gasteiger partial charge in [0, 0.05) is 25.8 Å². The van der Waals surface area contributed by atoms with Crippen LogP contribution in [0.4, 0.5) is 5.82 Å². The van der Waals surface area contributed by atoms with Crippen molar-refractivity contribution in [1.82, 2.24) is 19.9 Å². The molecule has 1 N–H and O–H groups in total. The van der Waals surface area contributed by atoms with Crippen molar-refractivity contribution in [3.63, 3.8) is 0 Å². The van der Waals surface area contributed by atoms with Crippen molar-refractivity contribution >= 4 is 23.3 Å².